The molecule has 1 fully saturated rings. The highest BCUT2D eigenvalue weighted by Crippen LogP contribution is 2.21. The van der Waals surface area contributed by atoms with Gasteiger partial charge in [-0.3, -0.25) is 19.1 Å². The topological polar surface area (TPSA) is 72.8 Å². The molecule has 0 bridgehead atoms. The van der Waals surface area contributed by atoms with E-state index in [1.54, 1.807) is 29.0 Å². The molecule has 1 amide bonds. The second-order valence-corrected chi connectivity index (χ2v) is 7.90. The number of nitrogens with one attached hydrogen (secondary N) is 1. The van der Waals surface area contributed by atoms with Gasteiger partial charge in [-0.15, -0.1) is 0 Å². The van der Waals surface area contributed by atoms with Crippen LogP contribution >= 0.6 is 0 Å². The lowest BCUT2D eigenvalue weighted by molar-refractivity contribution is 0.0322. The van der Waals surface area contributed by atoms with E-state index >= 15 is 0 Å². The van der Waals surface area contributed by atoms with Crippen LogP contribution in [-0.2, 0) is 4.74 Å². The predicted molar refractivity (Wildman–Crippen MR) is 125 cm³/mol. The van der Waals surface area contributed by atoms with Crippen molar-refractivity contribution in [3.05, 3.63) is 70.1 Å². The van der Waals surface area contributed by atoms with Crippen LogP contribution in [-0.4, -0.2) is 61.4 Å². The van der Waals surface area contributed by atoms with E-state index in [9.17, 15) is 9.59 Å². The number of ether oxygens (including phenoxy) is 2. The maximum Gasteiger partial charge on any atom is 0.263 e. The summed E-state index contributed by atoms with van der Waals surface area (Å²) in [6, 6.07) is 12.9. The summed E-state index contributed by atoms with van der Waals surface area (Å²) in [5.41, 5.74) is 1.99. The van der Waals surface area contributed by atoms with Crippen LogP contribution in [0, 0.1) is 6.92 Å². The summed E-state index contributed by atoms with van der Waals surface area (Å²) in [6.07, 6.45) is 1.76. The molecule has 2 aromatic carbocycles. The molecule has 7 nitrogen and oxygen atoms in total. The molecule has 1 aliphatic heterocycles. The van der Waals surface area contributed by atoms with E-state index < -0.39 is 0 Å². The zero-order valence-electron chi connectivity index (χ0n) is 18.6. The van der Waals surface area contributed by atoms with Crippen molar-refractivity contribution in [2.75, 3.05) is 46.0 Å². The van der Waals surface area contributed by atoms with Gasteiger partial charge in [-0.1, -0.05) is 12.1 Å². The first-order chi connectivity index (χ1) is 15.6. The van der Waals surface area contributed by atoms with Crippen LogP contribution in [0.5, 0.6) is 5.75 Å². The van der Waals surface area contributed by atoms with Crippen LogP contribution in [0.4, 0.5) is 0 Å². The van der Waals surface area contributed by atoms with Crippen molar-refractivity contribution < 1.29 is 14.3 Å². The van der Waals surface area contributed by atoms with Crippen molar-refractivity contribution >= 4 is 16.7 Å². The van der Waals surface area contributed by atoms with E-state index in [0.717, 1.165) is 43.8 Å². The van der Waals surface area contributed by atoms with E-state index in [0.29, 0.717) is 35.5 Å². The molecule has 1 aliphatic rings. The first-order valence-electron chi connectivity index (χ1n) is 11.0. The molecule has 1 saturated heterocycles. The summed E-state index contributed by atoms with van der Waals surface area (Å²) in [4.78, 5) is 27.9. The molecular weight excluding hydrogens is 406 g/mol. The SMILES string of the molecule is CCNC(=O)c1ccc(C)c(-n2ccc3ccc(OCCN4CCOCC4)cc3c2=O)c1. The smallest absolute Gasteiger partial charge is 0.263 e. The van der Waals surface area contributed by atoms with E-state index in [2.05, 4.69) is 10.2 Å². The molecule has 0 aliphatic carbocycles. The van der Waals surface area contributed by atoms with Gasteiger partial charge in [0, 0.05) is 37.9 Å². The third-order valence-electron chi connectivity index (χ3n) is 5.73. The molecule has 1 aromatic heterocycles. The summed E-state index contributed by atoms with van der Waals surface area (Å²) in [5.74, 6) is 0.520. The van der Waals surface area contributed by atoms with Crippen molar-refractivity contribution in [2.45, 2.75) is 13.8 Å². The number of hydrogen-bond donors (Lipinski definition) is 1. The third kappa shape index (κ3) is 4.84. The molecule has 3 aromatic rings. The Hall–Kier alpha value is -3.16. The van der Waals surface area contributed by atoms with Crippen LogP contribution in [0.3, 0.4) is 0 Å². The molecule has 1 N–H and O–H groups in total. The van der Waals surface area contributed by atoms with Crippen LogP contribution in [0.25, 0.3) is 16.5 Å². The predicted octanol–water partition coefficient (Wildman–Crippen LogP) is 2.76. The van der Waals surface area contributed by atoms with Crippen molar-refractivity contribution in [3.63, 3.8) is 0 Å². The molecule has 32 heavy (non-hydrogen) atoms. The van der Waals surface area contributed by atoms with E-state index in [4.69, 9.17) is 9.47 Å². The number of nitrogens with zero attached hydrogens (tertiary/aromatic N) is 2. The largest absolute Gasteiger partial charge is 0.492 e. The van der Waals surface area contributed by atoms with Gasteiger partial charge in [0.2, 0.25) is 0 Å². The zero-order valence-corrected chi connectivity index (χ0v) is 18.6. The lowest BCUT2D eigenvalue weighted by Crippen LogP contribution is -2.38. The van der Waals surface area contributed by atoms with E-state index in [1.165, 1.54) is 0 Å². The van der Waals surface area contributed by atoms with Gasteiger partial charge < -0.3 is 14.8 Å². The summed E-state index contributed by atoms with van der Waals surface area (Å²) in [5, 5.41) is 4.24. The lowest BCUT2D eigenvalue weighted by Gasteiger charge is -2.26. The normalized spacial score (nSPS) is 14.4. The lowest BCUT2D eigenvalue weighted by atomic mass is 10.1. The molecule has 2 heterocycles. The van der Waals surface area contributed by atoms with Crippen molar-refractivity contribution in [2.24, 2.45) is 0 Å². The Balaban J connectivity index is 1.60. The average Bonchev–Trinajstić information content (AvgIpc) is 2.81. The highest BCUT2D eigenvalue weighted by atomic mass is 16.5. The van der Waals surface area contributed by atoms with Crippen LogP contribution in [0.2, 0.25) is 0 Å². The maximum atomic E-state index is 13.3. The first-order valence-corrected chi connectivity index (χ1v) is 11.0. The van der Waals surface area contributed by atoms with Gasteiger partial charge in [0.25, 0.3) is 11.5 Å². The van der Waals surface area contributed by atoms with E-state index in [1.807, 2.05) is 38.1 Å². The fourth-order valence-corrected chi connectivity index (χ4v) is 3.89. The van der Waals surface area contributed by atoms with Gasteiger partial charge in [0.1, 0.15) is 12.4 Å². The maximum absolute atomic E-state index is 13.3. The minimum Gasteiger partial charge on any atom is -0.492 e. The minimum atomic E-state index is -0.154. The van der Waals surface area contributed by atoms with Gasteiger partial charge in [-0.2, -0.15) is 0 Å². The van der Waals surface area contributed by atoms with Gasteiger partial charge in [-0.05, 0) is 55.1 Å². The molecule has 0 spiro atoms. The number of rotatable bonds is 7. The molecular formula is C25H29N3O4. The Morgan fingerprint density at radius 1 is 1.12 bits per heavy atom. The Morgan fingerprint density at radius 2 is 1.94 bits per heavy atom. The number of hydrogen-bond acceptors (Lipinski definition) is 5. The van der Waals surface area contributed by atoms with Crippen molar-refractivity contribution in [1.82, 2.24) is 14.8 Å². The Labute approximate surface area is 187 Å². The third-order valence-corrected chi connectivity index (χ3v) is 5.73. The quantitative estimate of drug-likeness (QED) is 0.618. The van der Waals surface area contributed by atoms with Crippen LogP contribution in [0.15, 0.2) is 53.5 Å². The summed E-state index contributed by atoms with van der Waals surface area (Å²) >= 11 is 0. The first kappa shape index (κ1) is 22.0. The monoisotopic (exact) mass is 435 g/mol. The van der Waals surface area contributed by atoms with Crippen molar-refractivity contribution in [1.29, 1.82) is 0 Å². The molecule has 0 saturated carbocycles. The minimum absolute atomic E-state index is 0.141. The highest BCUT2D eigenvalue weighted by Gasteiger charge is 2.13. The fraction of sp³-hybridized carbons (Fsp3) is 0.360. The van der Waals surface area contributed by atoms with Gasteiger partial charge in [-0.25, -0.2) is 0 Å². The Morgan fingerprint density at radius 3 is 2.72 bits per heavy atom. The molecule has 0 unspecified atom stereocenters. The number of carbonyl (C=O) groups excluding carboxylic acids is 1. The second kappa shape index (κ2) is 9.97. The average molecular weight is 436 g/mol. The molecule has 4 rings (SSSR count). The van der Waals surface area contributed by atoms with Crippen LogP contribution < -0.4 is 15.6 Å². The summed E-state index contributed by atoms with van der Waals surface area (Å²) < 4.78 is 12.9. The number of aryl methyl sites for hydroxylation is 1. The molecule has 168 valence electrons. The summed E-state index contributed by atoms with van der Waals surface area (Å²) in [7, 11) is 0. The second-order valence-electron chi connectivity index (χ2n) is 7.90. The molecule has 0 radical (unpaired) electrons. The standard InChI is InChI=1S/C25H29N3O4/c1-3-26-24(29)20-5-4-18(2)23(16-20)28-9-8-19-6-7-21(17-22(19)25(28)30)32-15-12-27-10-13-31-14-11-27/h4-9,16-17H,3,10-15H2,1-2H3,(H,26,29). The number of benzene rings is 2. The van der Waals surface area contributed by atoms with E-state index in [-0.39, 0.29) is 11.5 Å². The van der Waals surface area contributed by atoms with Crippen LogP contribution in [0.1, 0.15) is 22.8 Å². The van der Waals surface area contributed by atoms with Gasteiger partial charge >= 0.3 is 0 Å². The summed E-state index contributed by atoms with van der Waals surface area (Å²) in [6.45, 7) is 9.09. The number of aromatic nitrogens is 1. The number of amides is 1. The highest BCUT2D eigenvalue weighted by molar-refractivity contribution is 5.95. The fourth-order valence-electron chi connectivity index (χ4n) is 3.89. The number of fused-ring (bicyclic) bond motifs is 1. The van der Waals surface area contributed by atoms with Gasteiger partial charge in [0.05, 0.1) is 24.3 Å². The Bertz CT molecular complexity index is 1170. The molecule has 0 atom stereocenters. The number of morpholine rings is 1. The number of pyridine rings is 1. The Kier molecular flexibility index (Phi) is 6.87. The number of carbonyl (C=O) groups is 1. The zero-order chi connectivity index (χ0) is 22.5. The van der Waals surface area contributed by atoms with Crippen molar-refractivity contribution in [3.8, 4) is 11.4 Å². The van der Waals surface area contributed by atoms with Gasteiger partial charge in [0.15, 0.2) is 0 Å². The molecule has 7 heteroatoms.